The molecule has 0 aliphatic carbocycles. The highest BCUT2D eigenvalue weighted by Gasteiger charge is 2.31. The fraction of sp³-hybridized carbons (Fsp3) is 0.947. The van der Waals surface area contributed by atoms with Gasteiger partial charge in [0.2, 0.25) is 0 Å². The first-order valence-corrected chi connectivity index (χ1v) is 9.44. The van der Waals surface area contributed by atoms with Crippen molar-refractivity contribution in [2.45, 2.75) is 104 Å². The van der Waals surface area contributed by atoms with Crippen LogP contribution in [0.4, 0.5) is 4.79 Å². The molecule has 0 saturated heterocycles. The maximum absolute atomic E-state index is 11.9. The molecule has 0 radical (unpaired) electrons. The van der Waals surface area contributed by atoms with Gasteiger partial charge in [-0.15, -0.1) is 0 Å². The summed E-state index contributed by atoms with van der Waals surface area (Å²) in [7, 11) is 0. The summed E-state index contributed by atoms with van der Waals surface area (Å²) in [6, 6.07) is 0. The van der Waals surface area contributed by atoms with E-state index in [1.54, 1.807) is 0 Å². The number of hydrogen-bond donors (Lipinski definition) is 1. The Morgan fingerprint density at radius 1 is 0.955 bits per heavy atom. The van der Waals surface area contributed by atoms with E-state index in [1.165, 1.54) is 38.5 Å². The van der Waals surface area contributed by atoms with E-state index < -0.39 is 0 Å². The van der Waals surface area contributed by atoms with Gasteiger partial charge in [0.15, 0.2) is 0 Å². The van der Waals surface area contributed by atoms with Crippen molar-refractivity contribution in [1.82, 2.24) is 5.32 Å². The monoisotopic (exact) mass is 313 g/mol. The predicted molar refractivity (Wildman–Crippen MR) is 95.2 cm³/mol. The van der Waals surface area contributed by atoms with E-state index in [4.69, 9.17) is 4.74 Å². The fourth-order valence-electron chi connectivity index (χ4n) is 3.02. The molecule has 1 unspecified atom stereocenters. The second-order valence-corrected chi connectivity index (χ2v) is 6.93. The van der Waals surface area contributed by atoms with Crippen LogP contribution in [0.3, 0.4) is 0 Å². The van der Waals surface area contributed by atoms with Crippen LogP contribution in [0.25, 0.3) is 0 Å². The van der Waals surface area contributed by atoms with Crippen LogP contribution in [0.1, 0.15) is 98.8 Å². The summed E-state index contributed by atoms with van der Waals surface area (Å²) in [5.74, 6) is 0.432. The lowest BCUT2D eigenvalue weighted by molar-refractivity contribution is -0.0107. The number of carbonyl (C=O) groups is 1. The molecular weight excluding hydrogens is 274 g/mol. The molecule has 3 heteroatoms. The first-order chi connectivity index (χ1) is 10.5. The zero-order valence-corrected chi connectivity index (χ0v) is 15.7. The summed E-state index contributed by atoms with van der Waals surface area (Å²) in [6.45, 7) is 11.4. The molecule has 0 saturated carbocycles. The topological polar surface area (TPSA) is 38.3 Å². The Bertz CT molecular complexity index is 277. The molecule has 1 N–H and O–H groups in total. The third-order valence-corrected chi connectivity index (χ3v) is 4.52. The van der Waals surface area contributed by atoms with Crippen LogP contribution in [-0.4, -0.2) is 18.2 Å². The van der Waals surface area contributed by atoms with E-state index in [0.29, 0.717) is 5.92 Å². The summed E-state index contributed by atoms with van der Waals surface area (Å²) in [6.07, 6.45) is 11.8. The first-order valence-electron chi connectivity index (χ1n) is 9.44. The molecule has 22 heavy (non-hydrogen) atoms. The second-order valence-electron chi connectivity index (χ2n) is 6.93. The standard InChI is InChI=1S/C19H39NO2/c1-6-9-10-11-12-13-14-16-20-18(21)22-19(4,5)17(8-3)15-7-2/h17H,6-16H2,1-5H3,(H,20,21). The van der Waals surface area contributed by atoms with Gasteiger partial charge < -0.3 is 10.1 Å². The van der Waals surface area contributed by atoms with Crippen molar-refractivity contribution >= 4 is 6.09 Å². The molecule has 0 aromatic rings. The van der Waals surface area contributed by atoms with Crippen molar-refractivity contribution in [2.75, 3.05) is 6.54 Å². The summed E-state index contributed by atoms with van der Waals surface area (Å²) in [5.41, 5.74) is -0.380. The van der Waals surface area contributed by atoms with Gasteiger partial charge in [-0.2, -0.15) is 0 Å². The highest BCUT2D eigenvalue weighted by atomic mass is 16.6. The molecule has 132 valence electrons. The van der Waals surface area contributed by atoms with Crippen LogP contribution in [-0.2, 0) is 4.74 Å². The number of ether oxygens (including phenoxy) is 1. The zero-order chi connectivity index (χ0) is 16.8. The highest BCUT2D eigenvalue weighted by molar-refractivity contribution is 5.67. The lowest BCUT2D eigenvalue weighted by Crippen LogP contribution is -2.40. The van der Waals surface area contributed by atoms with Crippen molar-refractivity contribution in [3.63, 3.8) is 0 Å². The van der Waals surface area contributed by atoms with Crippen LogP contribution in [0.5, 0.6) is 0 Å². The second kappa shape index (κ2) is 12.8. The van der Waals surface area contributed by atoms with Crippen molar-refractivity contribution < 1.29 is 9.53 Å². The number of carbonyl (C=O) groups excluding carboxylic acids is 1. The third kappa shape index (κ3) is 10.1. The molecule has 0 rings (SSSR count). The van der Waals surface area contributed by atoms with Gasteiger partial charge >= 0.3 is 6.09 Å². The number of unbranched alkanes of at least 4 members (excludes halogenated alkanes) is 6. The van der Waals surface area contributed by atoms with E-state index >= 15 is 0 Å². The number of nitrogens with one attached hydrogen (secondary N) is 1. The molecule has 0 bridgehead atoms. The molecule has 0 fully saturated rings. The van der Waals surface area contributed by atoms with Gasteiger partial charge in [0.1, 0.15) is 5.60 Å². The minimum Gasteiger partial charge on any atom is -0.443 e. The van der Waals surface area contributed by atoms with Gasteiger partial charge in [-0.1, -0.05) is 65.7 Å². The predicted octanol–water partition coefficient (Wildman–Crippen LogP) is 6.07. The minimum absolute atomic E-state index is 0.259. The van der Waals surface area contributed by atoms with Crippen molar-refractivity contribution in [3.05, 3.63) is 0 Å². The number of amides is 1. The van der Waals surface area contributed by atoms with Crippen molar-refractivity contribution in [2.24, 2.45) is 5.92 Å². The normalized spacial score (nSPS) is 13.0. The van der Waals surface area contributed by atoms with E-state index in [2.05, 4.69) is 26.1 Å². The quantitative estimate of drug-likeness (QED) is 0.419. The van der Waals surface area contributed by atoms with Gasteiger partial charge in [-0.05, 0) is 39.0 Å². The maximum atomic E-state index is 11.9. The maximum Gasteiger partial charge on any atom is 0.407 e. The molecule has 1 amide bonds. The van der Waals surface area contributed by atoms with Gasteiger partial charge in [0, 0.05) is 6.54 Å². The minimum atomic E-state index is -0.380. The van der Waals surface area contributed by atoms with Crippen molar-refractivity contribution in [3.8, 4) is 0 Å². The van der Waals surface area contributed by atoms with E-state index in [0.717, 1.165) is 32.2 Å². The number of hydrogen-bond acceptors (Lipinski definition) is 2. The Hall–Kier alpha value is -0.730. The molecule has 0 spiro atoms. The first kappa shape index (κ1) is 21.3. The summed E-state index contributed by atoms with van der Waals surface area (Å²) < 4.78 is 5.65. The van der Waals surface area contributed by atoms with Crippen LogP contribution >= 0.6 is 0 Å². The lowest BCUT2D eigenvalue weighted by atomic mass is 9.85. The summed E-state index contributed by atoms with van der Waals surface area (Å²) >= 11 is 0. The van der Waals surface area contributed by atoms with Gasteiger partial charge in [0.05, 0.1) is 0 Å². The van der Waals surface area contributed by atoms with Gasteiger partial charge in [0.25, 0.3) is 0 Å². The third-order valence-electron chi connectivity index (χ3n) is 4.52. The highest BCUT2D eigenvalue weighted by Crippen LogP contribution is 2.28. The Morgan fingerprint density at radius 3 is 2.09 bits per heavy atom. The largest absolute Gasteiger partial charge is 0.443 e. The van der Waals surface area contributed by atoms with Gasteiger partial charge in [-0.3, -0.25) is 0 Å². The van der Waals surface area contributed by atoms with Crippen LogP contribution in [0, 0.1) is 5.92 Å². The number of alkyl carbamates (subject to hydrolysis) is 1. The fourth-order valence-corrected chi connectivity index (χ4v) is 3.02. The van der Waals surface area contributed by atoms with E-state index in [-0.39, 0.29) is 11.7 Å². The molecule has 3 nitrogen and oxygen atoms in total. The van der Waals surface area contributed by atoms with Crippen LogP contribution in [0.2, 0.25) is 0 Å². The van der Waals surface area contributed by atoms with Gasteiger partial charge in [-0.25, -0.2) is 4.79 Å². The Balaban J connectivity index is 3.79. The molecule has 0 heterocycles. The smallest absolute Gasteiger partial charge is 0.407 e. The van der Waals surface area contributed by atoms with Crippen LogP contribution in [0.15, 0.2) is 0 Å². The number of rotatable bonds is 13. The average Bonchev–Trinajstić information content (AvgIpc) is 2.46. The summed E-state index contributed by atoms with van der Waals surface area (Å²) in [5, 5.41) is 2.90. The Labute approximate surface area is 138 Å². The molecular formula is C19H39NO2. The molecule has 0 aliphatic rings. The zero-order valence-electron chi connectivity index (χ0n) is 15.7. The summed E-state index contributed by atoms with van der Waals surface area (Å²) in [4.78, 5) is 11.9. The Morgan fingerprint density at radius 2 is 1.55 bits per heavy atom. The Kier molecular flexibility index (Phi) is 12.4. The average molecular weight is 314 g/mol. The molecule has 0 aromatic heterocycles. The molecule has 1 atom stereocenters. The molecule has 0 aliphatic heterocycles. The SMILES string of the molecule is CCCCCCCCCNC(=O)OC(C)(C)C(CC)CCC. The van der Waals surface area contributed by atoms with E-state index in [1.807, 2.05) is 13.8 Å². The molecule has 0 aromatic carbocycles. The van der Waals surface area contributed by atoms with E-state index in [9.17, 15) is 4.79 Å². The van der Waals surface area contributed by atoms with Crippen molar-refractivity contribution in [1.29, 1.82) is 0 Å². The van der Waals surface area contributed by atoms with Crippen LogP contribution < -0.4 is 5.32 Å². The lowest BCUT2D eigenvalue weighted by Gasteiger charge is -2.33.